The lowest BCUT2D eigenvalue weighted by molar-refractivity contribution is -0.129. The second kappa shape index (κ2) is 9.30. The Morgan fingerprint density at radius 2 is 1.93 bits per heavy atom. The topological polar surface area (TPSA) is 62.3 Å². The smallest absolute Gasteiger partial charge is 0.275 e. The molecule has 1 fully saturated rings. The average Bonchev–Trinajstić information content (AvgIpc) is 3.18. The van der Waals surface area contributed by atoms with Crippen LogP contribution in [0, 0.1) is 0 Å². The van der Waals surface area contributed by atoms with E-state index < -0.39 is 0 Å². The van der Waals surface area contributed by atoms with Gasteiger partial charge in [0.1, 0.15) is 5.69 Å². The summed E-state index contributed by atoms with van der Waals surface area (Å²) in [7, 11) is 0. The Morgan fingerprint density at radius 3 is 2.59 bits per heavy atom. The quantitative estimate of drug-likeness (QED) is 0.741. The van der Waals surface area contributed by atoms with Crippen molar-refractivity contribution in [1.29, 1.82) is 0 Å². The highest BCUT2D eigenvalue weighted by atomic mass is 32.2. The first-order chi connectivity index (χ1) is 13.8. The molecule has 0 spiro atoms. The van der Waals surface area contributed by atoms with Crippen molar-refractivity contribution >= 4 is 40.6 Å². The number of aromatic nitrogens is 1. The average molecular weight is 432 g/mol. The third kappa shape index (κ3) is 5.39. The molecule has 1 aromatic heterocycles. The highest BCUT2D eigenvalue weighted by molar-refractivity contribution is 7.99. The van der Waals surface area contributed by atoms with Crippen LogP contribution in [0.15, 0.2) is 29.6 Å². The second-order valence-corrected chi connectivity index (χ2v) is 10.2. The first-order valence-corrected chi connectivity index (χ1v) is 12.2. The summed E-state index contributed by atoms with van der Waals surface area (Å²) >= 11 is 3.11. The van der Waals surface area contributed by atoms with Crippen LogP contribution < -0.4 is 5.32 Å². The van der Waals surface area contributed by atoms with Gasteiger partial charge in [-0.05, 0) is 36.1 Å². The second-order valence-electron chi connectivity index (χ2n) is 8.41. The van der Waals surface area contributed by atoms with Crippen molar-refractivity contribution in [1.82, 2.24) is 9.88 Å². The molecule has 156 valence electrons. The van der Waals surface area contributed by atoms with E-state index in [1.807, 2.05) is 40.8 Å². The molecule has 0 aliphatic carbocycles. The van der Waals surface area contributed by atoms with Crippen LogP contribution in [-0.4, -0.2) is 46.8 Å². The molecule has 29 heavy (non-hydrogen) atoms. The van der Waals surface area contributed by atoms with E-state index in [0.29, 0.717) is 17.4 Å². The lowest BCUT2D eigenvalue weighted by atomic mass is 9.86. The highest BCUT2D eigenvalue weighted by Crippen LogP contribution is 2.32. The zero-order valence-corrected chi connectivity index (χ0v) is 19.2. The summed E-state index contributed by atoms with van der Waals surface area (Å²) in [6.07, 6.45) is 3.76. The van der Waals surface area contributed by atoms with E-state index in [4.69, 9.17) is 0 Å². The Hall–Kier alpha value is -1.86. The van der Waals surface area contributed by atoms with Gasteiger partial charge in [-0.3, -0.25) is 9.59 Å². The molecule has 0 unspecified atom stereocenters. The fraction of sp³-hybridized carbons (Fsp3) is 0.500. The molecule has 0 atom stereocenters. The van der Waals surface area contributed by atoms with Crippen LogP contribution >= 0.6 is 23.1 Å². The summed E-state index contributed by atoms with van der Waals surface area (Å²) < 4.78 is 0. The molecule has 1 aliphatic heterocycles. The maximum atomic E-state index is 12.8. The third-order valence-electron chi connectivity index (χ3n) is 5.20. The number of hydrogen-bond acceptors (Lipinski definition) is 5. The fourth-order valence-corrected chi connectivity index (χ4v) is 5.00. The molecule has 0 bridgehead atoms. The van der Waals surface area contributed by atoms with E-state index in [0.717, 1.165) is 42.2 Å². The molecule has 0 radical (unpaired) electrons. The van der Waals surface area contributed by atoms with Gasteiger partial charge in [0, 0.05) is 30.1 Å². The first kappa shape index (κ1) is 21.8. The number of para-hydroxylation sites is 1. The van der Waals surface area contributed by atoms with Crippen LogP contribution in [0.4, 0.5) is 5.69 Å². The minimum atomic E-state index is -0.170. The molecule has 1 aliphatic rings. The van der Waals surface area contributed by atoms with Crippen molar-refractivity contribution < 1.29 is 9.59 Å². The normalized spacial score (nSPS) is 15.4. The number of benzene rings is 1. The molecule has 5 nitrogen and oxygen atoms in total. The van der Waals surface area contributed by atoms with Gasteiger partial charge in [-0.15, -0.1) is 11.3 Å². The maximum absolute atomic E-state index is 12.8. The molecule has 1 saturated heterocycles. The van der Waals surface area contributed by atoms with Gasteiger partial charge in [0.2, 0.25) is 5.91 Å². The third-order valence-corrected chi connectivity index (χ3v) is 6.75. The van der Waals surface area contributed by atoms with Crippen molar-refractivity contribution in [2.24, 2.45) is 0 Å². The standard InChI is InChI=1S/C22H29N3O2S2/c1-22(2,3)16-7-5-6-8-17(16)23-20(27)18-13-29-21(24-18)15-9-11-25(12-10-15)19(26)14-28-4/h5-8,13,15H,9-12,14H2,1-4H3,(H,23,27). The Morgan fingerprint density at radius 1 is 1.24 bits per heavy atom. The number of nitrogens with zero attached hydrogens (tertiary/aromatic N) is 2. The molecular weight excluding hydrogens is 402 g/mol. The van der Waals surface area contributed by atoms with Gasteiger partial charge < -0.3 is 10.2 Å². The number of thioether (sulfide) groups is 1. The summed E-state index contributed by atoms with van der Waals surface area (Å²) in [5.41, 5.74) is 2.35. The van der Waals surface area contributed by atoms with Gasteiger partial charge >= 0.3 is 0 Å². The van der Waals surface area contributed by atoms with E-state index in [9.17, 15) is 9.59 Å². The van der Waals surface area contributed by atoms with Crippen molar-refractivity contribution in [2.75, 3.05) is 30.4 Å². The number of nitrogens with one attached hydrogen (secondary N) is 1. The van der Waals surface area contributed by atoms with Crippen LogP contribution in [0.25, 0.3) is 0 Å². The summed E-state index contributed by atoms with van der Waals surface area (Å²) in [5, 5.41) is 5.88. The first-order valence-electron chi connectivity index (χ1n) is 9.92. The zero-order valence-electron chi connectivity index (χ0n) is 17.5. The minimum Gasteiger partial charge on any atom is -0.342 e. The van der Waals surface area contributed by atoms with E-state index in [-0.39, 0.29) is 17.2 Å². The number of hydrogen-bond donors (Lipinski definition) is 1. The molecule has 2 amide bonds. The number of amides is 2. The van der Waals surface area contributed by atoms with Gasteiger partial charge in [0.05, 0.1) is 10.8 Å². The van der Waals surface area contributed by atoms with Gasteiger partial charge in [0.15, 0.2) is 0 Å². The Labute approximate surface area is 181 Å². The number of piperidine rings is 1. The number of rotatable bonds is 5. The summed E-state index contributed by atoms with van der Waals surface area (Å²) in [6.45, 7) is 7.94. The lowest BCUT2D eigenvalue weighted by Gasteiger charge is -2.31. The van der Waals surface area contributed by atoms with Crippen molar-refractivity contribution in [3.63, 3.8) is 0 Å². The summed E-state index contributed by atoms with van der Waals surface area (Å²) in [5.74, 6) is 0.911. The number of likely N-dealkylation sites (tertiary alicyclic amines) is 1. The van der Waals surface area contributed by atoms with E-state index in [2.05, 4.69) is 31.1 Å². The monoisotopic (exact) mass is 431 g/mol. The predicted molar refractivity (Wildman–Crippen MR) is 122 cm³/mol. The Kier molecular flexibility index (Phi) is 7.01. The van der Waals surface area contributed by atoms with E-state index in [1.54, 1.807) is 23.1 Å². The molecule has 1 N–H and O–H groups in total. The van der Waals surface area contributed by atoms with Crippen molar-refractivity contribution in [2.45, 2.75) is 44.9 Å². The summed E-state index contributed by atoms with van der Waals surface area (Å²) in [6, 6.07) is 7.91. The van der Waals surface area contributed by atoms with Crippen molar-refractivity contribution in [3.8, 4) is 0 Å². The van der Waals surface area contributed by atoms with Crippen LogP contribution in [-0.2, 0) is 10.2 Å². The molecule has 0 saturated carbocycles. The molecule has 1 aromatic carbocycles. The Bertz CT molecular complexity index is 865. The van der Waals surface area contributed by atoms with Crippen LogP contribution in [0.1, 0.15) is 60.6 Å². The van der Waals surface area contributed by atoms with Crippen molar-refractivity contribution in [3.05, 3.63) is 45.9 Å². The van der Waals surface area contributed by atoms with E-state index >= 15 is 0 Å². The van der Waals surface area contributed by atoms with Gasteiger partial charge in [0.25, 0.3) is 5.91 Å². The molecule has 2 heterocycles. The molecule has 2 aromatic rings. The number of thiazole rings is 1. The van der Waals surface area contributed by atoms with Gasteiger partial charge in [-0.1, -0.05) is 39.0 Å². The Balaban J connectivity index is 1.64. The molecule has 3 rings (SSSR count). The van der Waals surface area contributed by atoms with Crippen LogP contribution in [0.3, 0.4) is 0 Å². The lowest BCUT2D eigenvalue weighted by Crippen LogP contribution is -2.38. The van der Waals surface area contributed by atoms with Crippen LogP contribution in [0.2, 0.25) is 0 Å². The van der Waals surface area contributed by atoms with Crippen LogP contribution in [0.5, 0.6) is 0 Å². The van der Waals surface area contributed by atoms with E-state index in [1.165, 1.54) is 0 Å². The SMILES string of the molecule is CSCC(=O)N1CCC(c2nc(C(=O)Nc3ccccc3C(C)(C)C)cs2)CC1. The highest BCUT2D eigenvalue weighted by Gasteiger charge is 2.26. The number of carbonyl (C=O) groups excluding carboxylic acids is 2. The number of anilines is 1. The largest absolute Gasteiger partial charge is 0.342 e. The zero-order chi connectivity index (χ0) is 21.0. The molecular formula is C22H29N3O2S2. The summed E-state index contributed by atoms with van der Waals surface area (Å²) in [4.78, 5) is 31.4. The molecule has 7 heteroatoms. The fourth-order valence-electron chi connectivity index (χ4n) is 3.60. The van der Waals surface area contributed by atoms with Gasteiger partial charge in [-0.2, -0.15) is 11.8 Å². The maximum Gasteiger partial charge on any atom is 0.275 e. The van der Waals surface area contributed by atoms with Gasteiger partial charge in [-0.25, -0.2) is 4.98 Å². The number of carbonyl (C=O) groups is 2. The predicted octanol–water partition coefficient (Wildman–Crippen LogP) is 4.76. The minimum absolute atomic E-state index is 0.0567.